The molecule has 0 aliphatic rings. The van der Waals surface area contributed by atoms with E-state index in [-0.39, 0.29) is 0 Å². The van der Waals surface area contributed by atoms with Crippen LogP contribution in [0.3, 0.4) is 0 Å². The summed E-state index contributed by atoms with van der Waals surface area (Å²) in [5.41, 5.74) is 16.5. The van der Waals surface area contributed by atoms with Gasteiger partial charge in [-0.15, -0.1) is 0 Å². The Bertz CT molecular complexity index is 4320. The molecule has 0 atom stereocenters. The van der Waals surface area contributed by atoms with E-state index in [1.165, 1.54) is 60.0 Å². The van der Waals surface area contributed by atoms with Crippen LogP contribution in [0.2, 0.25) is 0 Å². The van der Waals surface area contributed by atoms with E-state index < -0.39 is 0 Å². The van der Waals surface area contributed by atoms with Crippen molar-refractivity contribution in [2.24, 2.45) is 0 Å². The number of hydrogen-bond donors (Lipinski definition) is 0. The SMILES string of the molecule is c1cc(-c2cccc(-c3cnc4c5cc(-c6cccc7ccccc67)ccc5c5ccc(-c6cccc7ccccc67)cc5c4n3)c2)cc(-c2cccc(-n3c4ccccc4c4ccccc43)c2)c1. The van der Waals surface area contributed by atoms with Crippen LogP contribution in [0.25, 0.3) is 137 Å². The van der Waals surface area contributed by atoms with Crippen molar-refractivity contribution in [1.29, 1.82) is 0 Å². The fourth-order valence-electron chi connectivity index (χ4n) is 10.9. The van der Waals surface area contributed by atoms with E-state index in [4.69, 9.17) is 9.97 Å². The summed E-state index contributed by atoms with van der Waals surface area (Å²) in [6, 6.07) is 88.0. The molecule has 2 heterocycles. The normalized spacial score (nSPS) is 11.8. The number of rotatable bonds is 6. The van der Waals surface area contributed by atoms with Crippen LogP contribution in [0.5, 0.6) is 0 Å². The molecular formula is C66H41N3. The van der Waals surface area contributed by atoms with Crippen molar-refractivity contribution < 1.29 is 0 Å². The highest BCUT2D eigenvalue weighted by Gasteiger charge is 2.18. The van der Waals surface area contributed by atoms with Gasteiger partial charge in [0.25, 0.3) is 0 Å². The van der Waals surface area contributed by atoms with Crippen LogP contribution in [0.4, 0.5) is 0 Å². The molecule has 0 unspecified atom stereocenters. The van der Waals surface area contributed by atoms with Gasteiger partial charge in [-0.2, -0.15) is 0 Å². The molecule has 69 heavy (non-hydrogen) atoms. The second-order valence-electron chi connectivity index (χ2n) is 18.1. The van der Waals surface area contributed by atoms with Crippen LogP contribution < -0.4 is 0 Å². The Hall–Kier alpha value is -9.18. The zero-order chi connectivity index (χ0) is 45.4. The van der Waals surface area contributed by atoms with E-state index in [9.17, 15) is 0 Å². The van der Waals surface area contributed by atoms with Crippen molar-refractivity contribution in [3.05, 3.63) is 249 Å². The zero-order valence-corrected chi connectivity index (χ0v) is 37.5. The predicted molar refractivity (Wildman–Crippen MR) is 291 cm³/mol. The zero-order valence-electron chi connectivity index (χ0n) is 37.5. The van der Waals surface area contributed by atoms with E-state index >= 15 is 0 Å². The molecule has 0 aliphatic carbocycles. The van der Waals surface area contributed by atoms with Gasteiger partial charge in [-0.05, 0) is 125 Å². The lowest BCUT2D eigenvalue weighted by Gasteiger charge is -2.15. The summed E-state index contributed by atoms with van der Waals surface area (Å²) in [5.74, 6) is 0. The van der Waals surface area contributed by atoms with Gasteiger partial charge in [0, 0.05) is 32.8 Å². The highest BCUT2D eigenvalue weighted by molar-refractivity contribution is 6.24. The number of benzene rings is 12. The van der Waals surface area contributed by atoms with Crippen molar-refractivity contribution >= 4 is 75.9 Å². The molecule has 0 N–H and O–H groups in total. The fourth-order valence-corrected chi connectivity index (χ4v) is 10.9. The maximum Gasteiger partial charge on any atom is 0.0979 e. The van der Waals surface area contributed by atoms with Gasteiger partial charge >= 0.3 is 0 Å². The van der Waals surface area contributed by atoms with Gasteiger partial charge in [-0.25, -0.2) is 4.98 Å². The first kappa shape index (κ1) is 39.0. The fraction of sp³-hybridized carbons (Fsp3) is 0. The Morgan fingerprint density at radius 1 is 0.275 bits per heavy atom. The van der Waals surface area contributed by atoms with Crippen molar-refractivity contribution in [3.8, 4) is 61.5 Å². The topological polar surface area (TPSA) is 30.7 Å². The van der Waals surface area contributed by atoms with E-state index in [0.29, 0.717) is 0 Å². The minimum Gasteiger partial charge on any atom is -0.309 e. The van der Waals surface area contributed by atoms with Gasteiger partial charge in [-0.1, -0.05) is 194 Å². The van der Waals surface area contributed by atoms with Crippen LogP contribution in [0, 0.1) is 0 Å². The molecule has 3 heteroatoms. The second-order valence-corrected chi connectivity index (χ2v) is 18.1. The Morgan fingerprint density at radius 2 is 0.725 bits per heavy atom. The highest BCUT2D eigenvalue weighted by Crippen LogP contribution is 2.41. The molecule has 320 valence electrons. The van der Waals surface area contributed by atoms with Crippen LogP contribution in [-0.4, -0.2) is 14.5 Å². The number of nitrogens with zero attached hydrogens (tertiary/aromatic N) is 3. The third-order valence-corrected chi connectivity index (χ3v) is 14.2. The summed E-state index contributed by atoms with van der Waals surface area (Å²) >= 11 is 0. The number of aromatic nitrogens is 3. The van der Waals surface area contributed by atoms with E-state index in [0.717, 1.165) is 77.3 Å². The number of fused-ring (bicyclic) bond motifs is 11. The third-order valence-electron chi connectivity index (χ3n) is 14.2. The Morgan fingerprint density at radius 3 is 1.32 bits per heavy atom. The molecule has 3 nitrogen and oxygen atoms in total. The van der Waals surface area contributed by atoms with Gasteiger partial charge in [0.1, 0.15) is 0 Å². The summed E-state index contributed by atoms with van der Waals surface area (Å²) in [6.45, 7) is 0. The monoisotopic (exact) mass is 875 g/mol. The van der Waals surface area contributed by atoms with Crippen molar-refractivity contribution in [3.63, 3.8) is 0 Å². The summed E-state index contributed by atoms with van der Waals surface area (Å²) < 4.78 is 2.38. The summed E-state index contributed by atoms with van der Waals surface area (Å²) in [5, 5.41) is 11.9. The maximum atomic E-state index is 5.59. The minimum atomic E-state index is 0.834. The molecule has 0 saturated carbocycles. The molecule has 14 aromatic rings. The van der Waals surface area contributed by atoms with E-state index in [2.05, 4.69) is 247 Å². The van der Waals surface area contributed by atoms with Crippen LogP contribution >= 0.6 is 0 Å². The van der Waals surface area contributed by atoms with Gasteiger partial charge in [0.15, 0.2) is 0 Å². The number of hydrogen-bond acceptors (Lipinski definition) is 2. The molecule has 0 fully saturated rings. The predicted octanol–water partition coefficient (Wildman–Crippen LogP) is 17.7. The molecule has 12 aromatic carbocycles. The summed E-state index contributed by atoms with van der Waals surface area (Å²) in [7, 11) is 0. The standard InChI is InChI=1S/C66H41N3/c1-3-24-52-42(14-1)16-12-28-54(52)48-32-34-56-57-35-33-49(55-29-13-17-43-15-2-4-25-53(43)55)40-61(57)66-65(60(56)39-48)67-41-62(68-66)50-22-10-20-46(37-50)44-18-9-19-45(36-44)47-21-11-23-51(38-47)69-63-30-7-5-26-58(63)59-27-6-8-31-64(59)69/h1-41H. The largest absolute Gasteiger partial charge is 0.309 e. The Labute approximate surface area is 398 Å². The average Bonchev–Trinajstić information content (AvgIpc) is 3.77. The van der Waals surface area contributed by atoms with Crippen LogP contribution in [0.15, 0.2) is 249 Å². The van der Waals surface area contributed by atoms with Crippen LogP contribution in [0.1, 0.15) is 0 Å². The molecule has 0 spiro atoms. The van der Waals surface area contributed by atoms with Gasteiger partial charge < -0.3 is 4.57 Å². The first-order chi connectivity index (χ1) is 34.2. The Kier molecular flexibility index (Phi) is 8.90. The van der Waals surface area contributed by atoms with Crippen molar-refractivity contribution in [2.75, 3.05) is 0 Å². The van der Waals surface area contributed by atoms with E-state index in [1.807, 2.05) is 6.20 Å². The molecule has 2 aromatic heterocycles. The van der Waals surface area contributed by atoms with Gasteiger partial charge in [-0.3, -0.25) is 4.98 Å². The first-order valence-electron chi connectivity index (χ1n) is 23.6. The lowest BCUT2D eigenvalue weighted by atomic mass is 9.91. The highest BCUT2D eigenvalue weighted by atomic mass is 15.0. The molecule has 0 aliphatic heterocycles. The quantitative estimate of drug-likeness (QED) is 0.156. The van der Waals surface area contributed by atoms with Crippen molar-refractivity contribution in [2.45, 2.75) is 0 Å². The van der Waals surface area contributed by atoms with Gasteiger partial charge in [0.2, 0.25) is 0 Å². The maximum absolute atomic E-state index is 5.59. The molecule has 0 bridgehead atoms. The third kappa shape index (κ3) is 6.43. The smallest absolute Gasteiger partial charge is 0.0979 e. The van der Waals surface area contributed by atoms with Gasteiger partial charge in [0.05, 0.1) is 34.0 Å². The lowest BCUT2D eigenvalue weighted by molar-refractivity contribution is 1.18. The Balaban J connectivity index is 0.900. The summed E-state index contributed by atoms with van der Waals surface area (Å²) in [4.78, 5) is 10.9. The molecule has 0 radical (unpaired) electrons. The molecule has 0 amide bonds. The second kappa shape index (κ2) is 15.7. The first-order valence-corrected chi connectivity index (χ1v) is 23.6. The lowest BCUT2D eigenvalue weighted by Crippen LogP contribution is -1.94. The van der Waals surface area contributed by atoms with Crippen LogP contribution in [-0.2, 0) is 0 Å². The number of para-hydroxylation sites is 2. The average molecular weight is 876 g/mol. The molecule has 14 rings (SSSR count). The summed E-state index contributed by atoms with van der Waals surface area (Å²) in [6.07, 6.45) is 1.96. The van der Waals surface area contributed by atoms with Crippen molar-refractivity contribution in [1.82, 2.24) is 14.5 Å². The van der Waals surface area contributed by atoms with E-state index in [1.54, 1.807) is 0 Å². The molecular weight excluding hydrogens is 835 g/mol. The minimum absolute atomic E-state index is 0.834. The molecule has 0 saturated heterocycles.